The summed E-state index contributed by atoms with van der Waals surface area (Å²) in [5, 5.41) is 0. The number of hydrogen-bond donors (Lipinski definition) is 0. The molecule has 8 heavy (non-hydrogen) atoms. The summed E-state index contributed by atoms with van der Waals surface area (Å²) in [6.45, 7) is 4.27. The van der Waals surface area contributed by atoms with Crippen LogP contribution in [0.2, 0.25) is 0 Å². The van der Waals surface area contributed by atoms with Crippen LogP contribution in [-0.2, 0) is 0 Å². The molecule has 0 aliphatic carbocycles. The highest BCUT2D eigenvalue weighted by molar-refractivity contribution is 7.98. The third kappa shape index (κ3) is 4.25. The van der Waals surface area contributed by atoms with Gasteiger partial charge in [-0.2, -0.15) is 11.8 Å². The van der Waals surface area contributed by atoms with Crippen molar-refractivity contribution in [1.29, 1.82) is 0 Å². The molecule has 0 bridgehead atoms. The monoisotopic (exact) mass is 130 g/mol. The molecular weight excluding hydrogens is 116 g/mol. The Bertz CT molecular complexity index is 74.5. The second-order valence-electron chi connectivity index (χ2n) is 1.88. The Kier molecular flexibility index (Phi) is 5.29. The van der Waals surface area contributed by atoms with Crippen molar-refractivity contribution in [2.24, 2.45) is 0 Å². The summed E-state index contributed by atoms with van der Waals surface area (Å²) in [6.07, 6.45) is 5.57. The van der Waals surface area contributed by atoms with Crippen molar-refractivity contribution in [3.05, 3.63) is 11.6 Å². The summed E-state index contributed by atoms with van der Waals surface area (Å²) >= 11 is 1.90. The lowest BCUT2D eigenvalue weighted by atomic mass is 10.2. The minimum atomic E-state index is 1.25. The Labute approximate surface area is 56.4 Å². The number of hydrogen-bond acceptors (Lipinski definition) is 1. The highest BCUT2D eigenvalue weighted by Crippen LogP contribution is 2.03. The van der Waals surface area contributed by atoms with E-state index in [2.05, 4.69) is 26.2 Å². The molecule has 0 saturated carbocycles. The number of allylic oxidation sites excluding steroid dienone is 2. The van der Waals surface area contributed by atoms with Gasteiger partial charge in [-0.1, -0.05) is 11.6 Å². The molecule has 0 aromatic carbocycles. The van der Waals surface area contributed by atoms with Gasteiger partial charge in [0.05, 0.1) is 0 Å². The van der Waals surface area contributed by atoms with E-state index < -0.39 is 0 Å². The smallest absolute Gasteiger partial charge is 0.00331 e. The normalized spacial score (nSPS) is 12.1. The highest BCUT2D eigenvalue weighted by atomic mass is 32.2. The third-order valence-corrected chi connectivity index (χ3v) is 1.81. The first kappa shape index (κ1) is 8.09. The summed E-state index contributed by atoms with van der Waals surface area (Å²) in [6, 6.07) is 0. The minimum absolute atomic E-state index is 1.25. The summed E-state index contributed by atoms with van der Waals surface area (Å²) in [4.78, 5) is 0. The molecule has 0 aliphatic rings. The Morgan fingerprint density at radius 2 is 2.25 bits per heavy atom. The van der Waals surface area contributed by atoms with Crippen molar-refractivity contribution in [2.45, 2.75) is 20.3 Å². The molecule has 0 fully saturated rings. The van der Waals surface area contributed by atoms with Crippen molar-refractivity contribution < 1.29 is 0 Å². The maximum Gasteiger partial charge on any atom is -0.00331 e. The van der Waals surface area contributed by atoms with Gasteiger partial charge in [0.25, 0.3) is 0 Å². The maximum atomic E-state index is 2.18. The van der Waals surface area contributed by atoms with E-state index in [1.807, 2.05) is 11.8 Å². The summed E-state index contributed by atoms with van der Waals surface area (Å²) < 4.78 is 0. The standard InChI is InChI=1S/C7H14S/c1-4-7(2)5-6-8-3/h4H,5-6H2,1-3H3. The van der Waals surface area contributed by atoms with Gasteiger partial charge in [0, 0.05) is 0 Å². The van der Waals surface area contributed by atoms with Crippen LogP contribution in [0.4, 0.5) is 0 Å². The SMILES string of the molecule is CC=C(C)CCSC. The van der Waals surface area contributed by atoms with Crippen LogP contribution >= 0.6 is 11.8 Å². The van der Waals surface area contributed by atoms with E-state index in [1.165, 1.54) is 17.7 Å². The van der Waals surface area contributed by atoms with E-state index in [0.717, 1.165) is 0 Å². The molecule has 0 N–H and O–H groups in total. The topological polar surface area (TPSA) is 0 Å². The van der Waals surface area contributed by atoms with Crippen molar-refractivity contribution in [2.75, 3.05) is 12.0 Å². The van der Waals surface area contributed by atoms with Gasteiger partial charge in [-0.25, -0.2) is 0 Å². The van der Waals surface area contributed by atoms with Gasteiger partial charge < -0.3 is 0 Å². The highest BCUT2D eigenvalue weighted by Gasteiger charge is 1.84. The zero-order chi connectivity index (χ0) is 6.41. The lowest BCUT2D eigenvalue weighted by molar-refractivity contribution is 1.11. The summed E-state index contributed by atoms with van der Waals surface area (Å²) in [5.41, 5.74) is 1.50. The molecule has 1 heteroatoms. The van der Waals surface area contributed by atoms with Crippen molar-refractivity contribution in [3.8, 4) is 0 Å². The second-order valence-corrected chi connectivity index (χ2v) is 2.86. The third-order valence-electron chi connectivity index (χ3n) is 1.19. The van der Waals surface area contributed by atoms with Crippen LogP contribution in [0.3, 0.4) is 0 Å². The van der Waals surface area contributed by atoms with Crippen molar-refractivity contribution in [1.82, 2.24) is 0 Å². The van der Waals surface area contributed by atoms with E-state index in [1.54, 1.807) is 0 Å². The van der Waals surface area contributed by atoms with E-state index >= 15 is 0 Å². The van der Waals surface area contributed by atoms with Gasteiger partial charge in [-0.15, -0.1) is 0 Å². The fraction of sp³-hybridized carbons (Fsp3) is 0.714. The van der Waals surface area contributed by atoms with Gasteiger partial charge in [0.2, 0.25) is 0 Å². The lowest BCUT2D eigenvalue weighted by Gasteiger charge is -1.94. The van der Waals surface area contributed by atoms with Gasteiger partial charge in [-0.3, -0.25) is 0 Å². The molecule has 0 rings (SSSR count). The average molecular weight is 130 g/mol. The zero-order valence-corrected chi connectivity index (χ0v) is 6.72. The molecule has 0 amide bonds. The first-order valence-corrected chi connectivity index (χ1v) is 4.31. The minimum Gasteiger partial charge on any atom is -0.165 e. The molecular formula is C7H14S. The largest absolute Gasteiger partial charge is 0.165 e. The lowest BCUT2D eigenvalue weighted by Crippen LogP contribution is -1.78. The molecule has 0 unspecified atom stereocenters. The number of rotatable bonds is 3. The van der Waals surface area contributed by atoms with E-state index in [-0.39, 0.29) is 0 Å². The Balaban J connectivity index is 3.12. The molecule has 0 radical (unpaired) electrons. The molecule has 0 heterocycles. The van der Waals surface area contributed by atoms with Crippen LogP contribution in [-0.4, -0.2) is 12.0 Å². The predicted octanol–water partition coefficient (Wildman–Crippen LogP) is 2.71. The van der Waals surface area contributed by atoms with E-state index in [4.69, 9.17) is 0 Å². The molecule has 0 nitrogen and oxygen atoms in total. The maximum absolute atomic E-state index is 2.18. The molecule has 0 atom stereocenters. The summed E-state index contributed by atoms with van der Waals surface area (Å²) in [5.74, 6) is 1.26. The first-order valence-electron chi connectivity index (χ1n) is 2.92. The fourth-order valence-electron chi connectivity index (χ4n) is 0.407. The zero-order valence-electron chi connectivity index (χ0n) is 5.90. The van der Waals surface area contributed by atoms with Gasteiger partial charge in [0.1, 0.15) is 0 Å². The van der Waals surface area contributed by atoms with Crippen LogP contribution in [0.5, 0.6) is 0 Å². The van der Waals surface area contributed by atoms with Gasteiger partial charge in [-0.05, 0) is 32.3 Å². The molecule has 0 aromatic heterocycles. The molecule has 0 aromatic rings. The average Bonchev–Trinajstić information content (AvgIpc) is 1.83. The fourth-order valence-corrected chi connectivity index (χ4v) is 0.933. The van der Waals surface area contributed by atoms with Gasteiger partial charge in [0.15, 0.2) is 0 Å². The van der Waals surface area contributed by atoms with Gasteiger partial charge >= 0.3 is 0 Å². The first-order chi connectivity index (χ1) is 3.81. The van der Waals surface area contributed by atoms with Crippen LogP contribution in [0.1, 0.15) is 20.3 Å². The Hall–Kier alpha value is 0.0900. The van der Waals surface area contributed by atoms with Crippen LogP contribution in [0.25, 0.3) is 0 Å². The molecule has 0 aliphatic heterocycles. The van der Waals surface area contributed by atoms with E-state index in [0.29, 0.717) is 0 Å². The quantitative estimate of drug-likeness (QED) is 0.529. The Morgan fingerprint density at radius 3 is 2.62 bits per heavy atom. The predicted molar refractivity (Wildman–Crippen MR) is 42.4 cm³/mol. The molecule has 0 saturated heterocycles. The molecule has 48 valence electrons. The second kappa shape index (κ2) is 5.23. The van der Waals surface area contributed by atoms with Crippen LogP contribution in [0, 0.1) is 0 Å². The molecule has 0 spiro atoms. The van der Waals surface area contributed by atoms with Crippen molar-refractivity contribution in [3.63, 3.8) is 0 Å². The van der Waals surface area contributed by atoms with E-state index in [9.17, 15) is 0 Å². The number of thioether (sulfide) groups is 1. The Morgan fingerprint density at radius 1 is 1.62 bits per heavy atom. The van der Waals surface area contributed by atoms with Crippen molar-refractivity contribution >= 4 is 11.8 Å². The summed E-state index contributed by atoms with van der Waals surface area (Å²) in [7, 11) is 0. The van der Waals surface area contributed by atoms with Crippen LogP contribution in [0.15, 0.2) is 11.6 Å². The van der Waals surface area contributed by atoms with Crippen LogP contribution < -0.4 is 0 Å².